The molecule has 0 spiro atoms. The second-order valence-corrected chi connectivity index (χ2v) is 11.8. The lowest BCUT2D eigenvalue weighted by Gasteiger charge is -2.32. The molecule has 0 radical (unpaired) electrons. The molecule has 0 unspecified atom stereocenters. The van der Waals surface area contributed by atoms with Gasteiger partial charge in [0, 0.05) is 58.4 Å². The zero-order chi connectivity index (χ0) is 27.2. The second-order valence-electron chi connectivity index (χ2n) is 11.8. The Morgan fingerprint density at radius 3 is 2.59 bits per heavy atom. The minimum Gasteiger partial charge on any atom is -0.493 e. The van der Waals surface area contributed by atoms with Crippen LogP contribution in [0.25, 0.3) is 0 Å². The Kier molecular flexibility index (Phi) is 9.32. The highest BCUT2D eigenvalue weighted by Crippen LogP contribution is 2.49. The van der Waals surface area contributed by atoms with Crippen LogP contribution in [0.5, 0.6) is 5.75 Å². The molecular formula is C31H43FN4O3. The summed E-state index contributed by atoms with van der Waals surface area (Å²) in [4.78, 5) is 25.6. The SMILES string of the molecule is Cc1cnc(N2CCC([C@H]3C[C@H]3CCOc3ccc(CC(=O)N(C)CCC4CCOCC4)c(F)c3)CC2)nc1. The molecule has 0 bridgehead atoms. The summed E-state index contributed by atoms with van der Waals surface area (Å²) in [5, 5.41) is 0. The van der Waals surface area contributed by atoms with E-state index in [-0.39, 0.29) is 18.1 Å². The third-order valence-corrected chi connectivity index (χ3v) is 8.94. The summed E-state index contributed by atoms with van der Waals surface area (Å²) in [5.41, 5.74) is 1.51. The minimum atomic E-state index is -0.368. The highest BCUT2D eigenvalue weighted by molar-refractivity contribution is 5.78. The average molecular weight is 539 g/mol. The van der Waals surface area contributed by atoms with E-state index in [1.165, 1.54) is 25.3 Å². The molecule has 5 rings (SSSR count). The Morgan fingerprint density at radius 1 is 1.13 bits per heavy atom. The van der Waals surface area contributed by atoms with Gasteiger partial charge in [-0.05, 0) is 92.7 Å². The van der Waals surface area contributed by atoms with Crippen LogP contribution in [0.2, 0.25) is 0 Å². The number of halogens is 1. The maximum atomic E-state index is 14.8. The number of rotatable bonds is 11. The molecule has 212 valence electrons. The quantitative estimate of drug-likeness (QED) is 0.398. The number of carbonyl (C=O) groups excluding carboxylic acids is 1. The molecule has 1 saturated carbocycles. The molecule has 3 fully saturated rings. The normalized spacial score (nSPS) is 22.1. The van der Waals surface area contributed by atoms with Gasteiger partial charge in [0.2, 0.25) is 11.9 Å². The van der Waals surface area contributed by atoms with E-state index in [0.717, 1.165) is 75.3 Å². The predicted molar refractivity (Wildman–Crippen MR) is 149 cm³/mol. The molecule has 3 heterocycles. The van der Waals surface area contributed by atoms with Crippen molar-refractivity contribution in [2.24, 2.45) is 23.7 Å². The third kappa shape index (κ3) is 7.68. The molecule has 3 aliphatic rings. The van der Waals surface area contributed by atoms with Gasteiger partial charge in [-0.25, -0.2) is 14.4 Å². The van der Waals surface area contributed by atoms with Gasteiger partial charge in [0.15, 0.2) is 0 Å². The first kappa shape index (κ1) is 27.8. The van der Waals surface area contributed by atoms with Crippen LogP contribution in [0.1, 0.15) is 56.1 Å². The Balaban J connectivity index is 0.990. The standard InChI is InChI=1S/C31H43FN4O3/c1-22-20-33-31(34-21-22)36-12-6-24(7-13-36)28-17-25(28)10-16-39-27-4-3-26(29(32)19-27)18-30(37)35(2)11-5-23-8-14-38-15-9-23/h3-4,19-21,23-25,28H,5-18H2,1-2H3/t25-,28-/m1/s1. The number of hydrogen-bond donors (Lipinski definition) is 0. The Bertz CT molecular complexity index is 1080. The third-order valence-electron chi connectivity index (χ3n) is 8.94. The molecule has 1 aromatic heterocycles. The van der Waals surface area contributed by atoms with Crippen LogP contribution < -0.4 is 9.64 Å². The molecule has 1 amide bonds. The van der Waals surface area contributed by atoms with Crippen LogP contribution in [0.15, 0.2) is 30.6 Å². The monoisotopic (exact) mass is 538 g/mol. The van der Waals surface area contributed by atoms with Crippen molar-refractivity contribution in [2.75, 3.05) is 51.4 Å². The average Bonchev–Trinajstić information content (AvgIpc) is 3.73. The van der Waals surface area contributed by atoms with Crippen molar-refractivity contribution in [2.45, 2.75) is 58.3 Å². The number of anilines is 1. The van der Waals surface area contributed by atoms with Crippen LogP contribution in [0.3, 0.4) is 0 Å². The van der Waals surface area contributed by atoms with E-state index in [2.05, 4.69) is 14.9 Å². The van der Waals surface area contributed by atoms with Crippen LogP contribution in [0, 0.1) is 36.4 Å². The fourth-order valence-electron chi connectivity index (χ4n) is 6.18. The van der Waals surface area contributed by atoms with Gasteiger partial charge in [0.05, 0.1) is 13.0 Å². The fraction of sp³-hybridized carbons (Fsp3) is 0.645. The predicted octanol–water partition coefficient (Wildman–Crippen LogP) is 5.06. The molecule has 8 heteroatoms. The van der Waals surface area contributed by atoms with Crippen molar-refractivity contribution < 1.29 is 18.7 Å². The van der Waals surface area contributed by atoms with E-state index in [1.54, 1.807) is 17.0 Å². The van der Waals surface area contributed by atoms with Gasteiger partial charge < -0.3 is 19.3 Å². The molecule has 2 aliphatic heterocycles. The number of amides is 1. The molecule has 2 saturated heterocycles. The van der Waals surface area contributed by atoms with Crippen LogP contribution in [0.4, 0.5) is 10.3 Å². The largest absolute Gasteiger partial charge is 0.493 e. The maximum Gasteiger partial charge on any atom is 0.226 e. The Hall–Kier alpha value is -2.74. The molecule has 7 nitrogen and oxygen atoms in total. The highest BCUT2D eigenvalue weighted by atomic mass is 19.1. The van der Waals surface area contributed by atoms with E-state index in [4.69, 9.17) is 9.47 Å². The zero-order valence-electron chi connectivity index (χ0n) is 23.5. The molecule has 2 atom stereocenters. The van der Waals surface area contributed by atoms with Gasteiger partial charge in [0.25, 0.3) is 0 Å². The molecule has 1 aromatic carbocycles. The number of benzene rings is 1. The number of piperidine rings is 1. The van der Waals surface area contributed by atoms with Gasteiger partial charge in [-0.2, -0.15) is 0 Å². The lowest BCUT2D eigenvalue weighted by Crippen LogP contribution is -2.35. The van der Waals surface area contributed by atoms with Gasteiger partial charge in [0.1, 0.15) is 11.6 Å². The number of aromatic nitrogens is 2. The summed E-state index contributed by atoms with van der Waals surface area (Å²) in [6.45, 7) is 6.98. The molecule has 2 aromatic rings. The topological polar surface area (TPSA) is 67.8 Å². The zero-order valence-corrected chi connectivity index (χ0v) is 23.5. The number of hydrogen-bond acceptors (Lipinski definition) is 6. The minimum absolute atomic E-state index is 0.0494. The Labute approximate surface area is 232 Å². The van der Waals surface area contributed by atoms with E-state index >= 15 is 0 Å². The maximum absolute atomic E-state index is 14.8. The van der Waals surface area contributed by atoms with Crippen molar-refractivity contribution in [1.29, 1.82) is 0 Å². The van der Waals surface area contributed by atoms with E-state index in [0.29, 0.717) is 36.3 Å². The summed E-state index contributed by atoms with van der Waals surface area (Å²) in [5.74, 6) is 3.83. The highest BCUT2D eigenvalue weighted by Gasteiger charge is 2.43. The van der Waals surface area contributed by atoms with Gasteiger partial charge >= 0.3 is 0 Å². The van der Waals surface area contributed by atoms with E-state index in [1.807, 2.05) is 26.4 Å². The summed E-state index contributed by atoms with van der Waals surface area (Å²) < 4.78 is 26.1. The van der Waals surface area contributed by atoms with Crippen molar-refractivity contribution in [3.8, 4) is 5.75 Å². The summed E-state index contributed by atoms with van der Waals surface area (Å²) in [6.07, 6.45) is 11.6. The van der Waals surface area contributed by atoms with Crippen molar-refractivity contribution >= 4 is 11.9 Å². The molecule has 1 aliphatic carbocycles. The van der Waals surface area contributed by atoms with Gasteiger partial charge in [-0.15, -0.1) is 0 Å². The number of nitrogens with zero attached hydrogens (tertiary/aromatic N) is 4. The summed E-state index contributed by atoms with van der Waals surface area (Å²) in [6, 6.07) is 4.92. The van der Waals surface area contributed by atoms with Gasteiger partial charge in [-0.1, -0.05) is 6.07 Å². The smallest absolute Gasteiger partial charge is 0.226 e. The fourth-order valence-corrected chi connectivity index (χ4v) is 6.18. The number of carbonyl (C=O) groups is 1. The van der Waals surface area contributed by atoms with Crippen LogP contribution >= 0.6 is 0 Å². The molecule has 0 N–H and O–H groups in total. The first-order valence-electron chi connectivity index (χ1n) is 14.7. The van der Waals surface area contributed by atoms with Crippen LogP contribution in [-0.4, -0.2) is 67.3 Å². The number of likely N-dealkylation sites (N-methyl/N-ethyl adjacent to an activating group) is 1. The second kappa shape index (κ2) is 13.1. The molecular weight excluding hydrogens is 495 g/mol. The molecule has 39 heavy (non-hydrogen) atoms. The number of ether oxygens (including phenoxy) is 2. The lowest BCUT2D eigenvalue weighted by atomic mass is 9.90. The van der Waals surface area contributed by atoms with Crippen molar-refractivity contribution in [3.05, 3.63) is 47.5 Å². The summed E-state index contributed by atoms with van der Waals surface area (Å²) in [7, 11) is 1.81. The van der Waals surface area contributed by atoms with Crippen LogP contribution in [-0.2, 0) is 16.0 Å². The van der Waals surface area contributed by atoms with Crippen molar-refractivity contribution in [3.63, 3.8) is 0 Å². The van der Waals surface area contributed by atoms with E-state index < -0.39 is 0 Å². The van der Waals surface area contributed by atoms with Gasteiger partial charge in [-0.3, -0.25) is 4.79 Å². The number of aryl methyl sites for hydroxylation is 1. The van der Waals surface area contributed by atoms with E-state index in [9.17, 15) is 9.18 Å². The lowest BCUT2D eigenvalue weighted by molar-refractivity contribution is -0.129. The summed E-state index contributed by atoms with van der Waals surface area (Å²) >= 11 is 0. The first-order valence-corrected chi connectivity index (χ1v) is 14.7. The Morgan fingerprint density at radius 2 is 1.87 bits per heavy atom. The first-order chi connectivity index (χ1) is 19.0. The van der Waals surface area contributed by atoms with Crippen molar-refractivity contribution in [1.82, 2.24) is 14.9 Å².